The van der Waals surface area contributed by atoms with E-state index in [9.17, 15) is 0 Å². The molecule has 0 aromatic carbocycles. The molecule has 13 heavy (non-hydrogen) atoms. The van der Waals surface area contributed by atoms with Gasteiger partial charge in [0.2, 0.25) is 0 Å². The lowest BCUT2D eigenvalue weighted by Crippen LogP contribution is -2.63. The van der Waals surface area contributed by atoms with E-state index < -0.39 is 11.1 Å². The summed E-state index contributed by atoms with van der Waals surface area (Å²) in [6, 6.07) is 4.34. The molecular formula is C9H14N4. The van der Waals surface area contributed by atoms with Crippen molar-refractivity contribution < 1.29 is 0 Å². The van der Waals surface area contributed by atoms with Gasteiger partial charge in [0.1, 0.15) is 11.1 Å². The molecule has 1 heterocycles. The van der Waals surface area contributed by atoms with Crippen LogP contribution < -0.4 is 5.84 Å². The number of hydrogen-bond donors (Lipinski definition) is 1. The highest BCUT2D eigenvalue weighted by atomic mass is 15.5. The molecule has 0 radical (unpaired) electrons. The highest BCUT2D eigenvalue weighted by molar-refractivity contribution is 5.17. The monoisotopic (exact) mass is 178 g/mol. The van der Waals surface area contributed by atoms with Gasteiger partial charge in [-0.1, -0.05) is 0 Å². The van der Waals surface area contributed by atoms with Crippen LogP contribution in [0, 0.1) is 22.7 Å². The van der Waals surface area contributed by atoms with Crippen molar-refractivity contribution >= 4 is 0 Å². The van der Waals surface area contributed by atoms with Gasteiger partial charge in [0.15, 0.2) is 0 Å². The number of nitriles is 2. The van der Waals surface area contributed by atoms with Crippen LogP contribution in [0.15, 0.2) is 0 Å². The van der Waals surface area contributed by atoms with Gasteiger partial charge in [0.25, 0.3) is 0 Å². The molecule has 0 amide bonds. The van der Waals surface area contributed by atoms with E-state index in [1.54, 1.807) is 13.8 Å². The summed E-state index contributed by atoms with van der Waals surface area (Å²) in [6.45, 7) is 3.56. The van der Waals surface area contributed by atoms with Crippen molar-refractivity contribution in [2.45, 2.75) is 44.2 Å². The zero-order chi connectivity index (χ0) is 10.1. The fraction of sp³-hybridized carbons (Fsp3) is 0.778. The molecule has 2 N–H and O–H groups in total. The average molecular weight is 178 g/mol. The lowest BCUT2D eigenvalue weighted by Gasteiger charge is -2.45. The molecule has 0 bridgehead atoms. The third kappa shape index (κ3) is 1.39. The Morgan fingerprint density at radius 3 is 1.85 bits per heavy atom. The normalized spacial score (nSPS) is 40.7. The van der Waals surface area contributed by atoms with Crippen molar-refractivity contribution in [1.29, 1.82) is 10.5 Å². The Hall–Kier alpha value is -1.10. The number of hydrazine groups is 1. The van der Waals surface area contributed by atoms with Crippen LogP contribution in [0.1, 0.15) is 33.1 Å². The maximum absolute atomic E-state index is 8.97. The van der Waals surface area contributed by atoms with Gasteiger partial charge < -0.3 is 0 Å². The quantitative estimate of drug-likeness (QED) is 0.559. The van der Waals surface area contributed by atoms with E-state index >= 15 is 0 Å². The third-order valence-electron chi connectivity index (χ3n) is 2.87. The first-order chi connectivity index (χ1) is 5.98. The first-order valence-electron chi connectivity index (χ1n) is 4.36. The minimum Gasteiger partial charge on any atom is -0.266 e. The van der Waals surface area contributed by atoms with E-state index in [0.717, 1.165) is 19.3 Å². The van der Waals surface area contributed by atoms with Gasteiger partial charge >= 0.3 is 0 Å². The van der Waals surface area contributed by atoms with Gasteiger partial charge in [-0.3, -0.25) is 5.84 Å². The van der Waals surface area contributed by atoms with E-state index in [1.807, 2.05) is 0 Å². The van der Waals surface area contributed by atoms with E-state index in [0.29, 0.717) is 0 Å². The smallest absolute Gasteiger partial charge is 0.120 e. The second-order valence-electron chi connectivity index (χ2n) is 3.99. The molecule has 0 aliphatic carbocycles. The lowest BCUT2D eigenvalue weighted by atomic mass is 9.81. The molecule has 4 heteroatoms. The van der Waals surface area contributed by atoms with E-state index in [4.69, 9.17) is 16.4 Å². The molecule has 1 aliphatic rings. The molecule has 70 valence electrons. The minimum absolute atomic E-state index is 0.692. The van der Waals surface area contributed by atoms with Crippen LogP contribution in [0.25, 0.3) is 0 Å². The molecule has 2 unspecified atom stereocenters. The Kier molecular flexibility index (Phi) is 2.30. The predicted molar refractivity (Wildman–Crippen MR) is 47.9 cm³/mol. The van der Waals surface area contributed by atoms with Crippen LogP contribution in [0.5, 0.6) is 0 Å². The summed E-state index contributed by atoms with van der Waals surface area (Å²) in [7, 11) is 0. The molecular weight excluding hydrogens is 164 g/mol. The summed E-state index contributed by atoms with van der Waals surface area (Å²) in [5, 5.41) is 19.3. The Labute approximate surface area is 78.5 Å². The van der Waals surface area contributed by atoms with Gasteiger partial charge in [-0.25, -0.2) is 5.01 Å². The molecule has 1 saturated heterocycles. The first-order valence-corrected chi connectivity index (χ1v) is 4.36. The SMILES string of the molecule is CC1(C#N)CCCC(C)(C#N)N1N. The topological polar surface area (TPSA) is 76.8 Å². The Balaban J connectivity index is 3.00. The third-order valence-corrected chi connectivity index (χ3v) is 2.87. The first kappa shape index (κ1) is 9.98. The summed E-state index contributed by atoms with van der Waals surface area (Å²) in [6.07, 6.45) is 2.34. The number of hydrogen-bond acceptors (Lipinski definition) is 4. The van der Waals surface area contributed by atoms with Crippen LogP contribution in [0.4, 0.5) is 0 Å². The van der Waals surface area contributed by atoms with Gasteiger partial charge in [-0.05, 0) is 33.1 Å². The second-order valence-corrected chi connectivity index (χ2v) is 3.99. The summed E-state index contributed by atoms with van der Waals surface area (Å²) >= 11 is 0. The average Bonchev–Trinajstić information content (AvgIpc) is 2.14. The molecule has 0 aromatic heterocycles. The van der Waals surface area contributed by atoms with Crippen LogP contribution in [-0.2, 0) is 0 Å². The number of rotatable bonds is 0. The Bertz CT molecular complexity index is 259. The van der Waals surface area contributed by atoms with Crippen molar-refractivity contribution in [1.82, 2.24) is 5.01 Å². The van der Waals surface area contributed by atoms with Crippen molar-refractivity contribution in [3.05, 3.63) is 0 Å². The lowest BCUT2D eigenvalue weighted by molar-refractivity contribution is 0.0158. The van der Waals surface area contributed by atoms with Crippen molar-refractivity contribution in [2.24, 2.45) is 5.84 Å². The zero-order valence-corrected chi connectivity index (χ0v) is 8.04. The standard InChI is InChI=1S/C9H14N4/c1-8(6-10)4-3-5-9(2,7-11)13(8)12/h3-5,12H2,1-2H3. The fourth-order valence-electron chi connectivity index (χ4n) is 1.78. The molecule has 1 fully saturated rings. The largest absolute Gasteiger partial charge is 0.266 e. The van der Waals surface area contributed by atoms with Crippen molar-refractivity contribution in [3.8, 4) is 12.1 Å². The number of nitrogens with two attached hydrogens (primary N) is 1. The summed E-state index contributed by atoms with van der Waals surface area (Å²) in [5.41, 5.74) is -1.38. The molecule has 0 aromatic rings. The van der Waals surface area contributed by atoms with Crippen molar-refractivity contribution in [3.63, 3.8) is 0 Å². The van der Waals surface area contributed by atoms with E-state index in [2.05, 4.69) is 12.1 Å². The van der Waals surface area contributed by atoms with Crippen LogP contribution in [0.2, 0.25) is 0 Å². The summed E-state index contributed by atoms with van der Waals surface area (Å²) in [5.74, 6) is 5.80. The molecule has 4 nitrogen and oxygen atoms in total. The number of nitrogens with zero attached hydrogens (tertiary/aromatic N) is 3. The van der Waals surface area contributed by atoms with Gasteiger partial charge in [-0.15, -0.1) is 0 Å². The highest BCUT2D eigenvalue weighted by Crippen LogP contribution is 2.34. The van der Waals surface area contributed by atoms with Gasteiger partial charge in [0.05, 0.1) is 12.1 Å². The van der Waals surface area contributed by atoms with E-state index in [-0.39, 0.29) is 0 Å². The van der Waals surface area contributed by atoms with Gasteiger partial charge in [-0.2, -0.15) is 10.5 Å². The summed E-state index contributed by atoms with van der Waals surface area (Å²) in [4.78, 5) is 0. The Morgan fingerprint density at radius 1 is 1.15 bits per heavy atom. The maximum atomic E-state index is 8.97. The van der Waals surface area contributed by atoms with Crippen molar-refractivity contribution in [2.75, 3.05) is 0 Å². The van der Waals surface area contributed by atoms with E-state index in [1.165, 1.54) is 5.01 Å². The molecule has 1 aliphatic heterocycles. The Morgan fingerprint density at radius 2 is 1.54 bits per heavy atom. The minimum atomic E-state index is -0.692. The molecule has 0 saturated carbocycles. The highest BCUT2D eigenvalue weighted by Gasteiger charge is 2.45. The molecule has 0 spiro atoms. The fourth-order valence-corrected chi connectivity index (χ4v) is 1.78. The second kappa shape index (κ2) is 2.99. The summed E-state index contributed by atoms with van der Waals surface area (Å²) < 4.78 is 0. The predicted octanol–water partition coefficient (Wildman–Crippen LogP) is 0.911. The number of piperidine rings is 1. The van der Waals surface area contributed by atoms with Crippen LogP contribution in [0.3, 0.4) is 0 Å². The maximum Gasteiger partial charge on any atom is 0.120 e. The zero-order valence-electron chi connectivity index (χ0n) is 8.04. The molecule has 1 rings (SSSR count). The van der Waals surface area contributed by atoms with Crippen LogP contribution >= 0.6 is 0 Å². The van der Waals surface area contributed by atoms with Crippen LogP contribution in [-0.4, -0.2) is 16.1 Å². The molecule has 2 atom stereocenters. The van der Waals surface area contributed by atoms with Gasteiger partial charge in [0, 0.05) is 0 Å².